The van der Waals surface area contributed by atoms with Crippen LogP contribution in [0, 0.1) is 18.7 Å². The average molecular weight is 905 g/mol. The number of rotatable bonds is 7. The number of hydrogen-bond acceptors (Lipinski definition) is 3. The van der Waals surface area contributed by atoms with Gasteiger partial charge in [-0.1, -0.05) is 135 Å². The second-order valence-corrected chi connectivity index (χ2v) is 14.5. The van der Waals surface area contributed by atoms with Crippen LogP contribution in [0.5, 0.6) is 11.5 Å². The fourth-order valence-corrected chi connectivity index (χ4v) is 7.25. The van der Waals surface area contributed by atoms with E-state index in [1.54, 1.807) is 12.3 Å². The normalized spacial score (nSPS) is 11.3. The van der Waals surface area contributed by atoms with Gasteiger partial charge >= 0.3 is 21.1 Å². The molecule has 0 atom stereocenters. The van der Waals surface area contributed by atoms with Crippen molar-refractivity contribution in [2.24, 2.45) is 0 Å². The Balaban J connectivity index is 0.00000441. The Labute approximate surface area is 340 Å². The van der Waals surface area contributed by atoms with Crippen LogP contribution in [-0.4, -0.2) is 19.1 Å². The molecule has 0 aliphatic carbocycles. The van der Waals surface area contributed by atoms with Crippen LogP contribution in [-0.2, 0) is 26.5 Å². The number of pyridine rings is 1. The summed E-state index contributed by atoms with van der Waals surface area (Å²) in [4.78, 5) is 13.5. The fraction of sp³-hybridized carbons (Fsp3) is 0.0816. The number of fused-ring (bicyclic) bond motifs is 3. The number of benzene rings is 6. The van der Waals surface area contributed by atoms with Gasteiger partial charge in [-0.25, -0.2) is 4.98 Å². The predicted octanol–water partition coefficient (Wildman–Crippen LogP) is 12.6. The Bertz CT molecular complexity index is 2840. The summed E-state index contributed by atoms with van der Waals surface area (Å²) in [5.41, 5.74) is 9.33. The molecule has 6 aromatic carbocycles. The maximum absolute atomic E-state index is 8.02. The van der Waals surface area contributed by atoms with Gasteiger partial charge in [0.25, 0.3) is 0 Å². The second kappa shape index (κ2) is 14.9. The van der Waals surface area contributed by atoms with Gasteiger partial charge in [-0.15, -0.1) is 29.1 Å². The van der Waals surface area contributed by atoms with Crippen molar-refractivity contribution in [1.82, 2.24) is 19.1 Å². The summed E-state index contributed by atoms with van der Waals surface area (Å²) < 4.78 is 10.8. The second-order valence-electron chi connectivity index (χ2n) is 14.5. The third kappa shape index (κ3) is 6.72. The van der Waals surface area contributed by atoms with Gasteiger partial charge in [0.2, 0.25) is 0 Å². The molecule has 0 unspecified atom stereocenters. The van der Waals surface area contributed by atoms with Crippen molar-refractivity contribution in [2.45, 2.75) is 26.2 Å². The largest absolute Gasteiger partial charge is 2.00 e. The molecule has 0 aliphatic heterocycles. The molecule has 56 heavy (non-hydrogen) atoms. The van der Waals surface area contributed by atoms with E-state index in [1.165, 1.54) is 5.56 Å². The predicted molar refractivity (Wildman–Crippen MR) is 221 cm³/mol. The summed E-state index contributed by atoms with van der Waals surface area (Å²) in [6.07, 6.45) is 5.62. The molecular formula is C49H35N5OPt. The zero-order valence-corrected chi connectivity index (χ0v) is 33.2. The van der Waals surface area contributed by atoms with Crippen molar-refractivity contribution >= 4 is 27.5 Å². The molecule has 9 rings (SSSR count). The third-order valence-electron chi connectivity index (χ3n) is 9.90. The minimum atomic E-state index is -0.0443. The maximum Gasteiger partial charge on any atom is 2.00 e. The minimum Gasteiger partial charge on any atom is -0.504 e. The van der Waals surface area contributed by atoms with Gasteiger partial charge in [-0.2, -0.15) is 6.07 Å². The Hall–Kier alpha value is -6.54. The van der Waals surface area contributed by atoms with Crippen LogP contribution < -0.4 is 4.74 Å². The SMILES string of the molecule is [C-]#[N+]c1cc(Oc2[c-]c3c(cc2)c2ccccc2n3-c2cc(C(C)(C)C)ccn2)[c-]c(-c2nccn2-c2c(-c3ccccc3)cccc2-c2ccccc2)c1.[Pt+2]. The zero-order valence-electron chi connectivity index (χ0n) is 31.0. The van der Waals surface area contributed by atoms with Crippen molar-refractivity contribution in [3.63, 3.8) is 0 Å². The molecule has 272 valence electrons. The number of aromatic nitrogens is 4. The molecule has 0 saturated carbocycles. The molecule has 3 heterocycles. The van der Waals surface area contributed by atoms with E-state index in [0.717, 1.165) is 55.6 Å². The van der Waals surface area contributed by atoms with Gasteiger partial charge in [0.05, 0.1) is 18.1 Å². The van der Waals surface area contributed by atoms with Crippen LogP contribution in [0.25, 0.3) is 71.8 Å². The van der Waals surface area contributed by atoms with Gasteiger partial charge < -0.3 is 13.9 Å². The monoisotopic (exact) mass is 904 g/mol. The van der Waals surface area contributed by atoms with Crippen molar-refractivity contribution < 1.29 is 25.8 Å². The topological polar surface area (TPSA) is 49.2 Å². The molecule has 9 aromatic rings. The average Bonchev–Trinajstić information content (AvgIpc) is 3.84. The third-order valence-corrected chi connectivity index (χ3v) is 9.90. The Morgan fingerprint density at radius 2 is 1.36 bits per heavy atom. The number of para-hydroxylation sites is 2. The quantitative estimate of drug-likeness (QED) is 0.150. The first-order chi connectivity index (χ1) is 26.9. The van der Waals surface area contributed by atoms with E-state index in [0.29, 0.717) is 28.6 Å². The number of imidazole rings is 1. The van der Waals surface area contributed by atoms with E-state index in [9.17, 15) is 0 Å². The molecule has 6 nitrogen and oxygen atoms in total. The molecule has 0 saturated heterocycles. The molecular weight excluding hydrogens is 870 g/mol. The van der Waals surface area contributed by atoms with Gasteiger partial charge in [0.1, 0.15) is 11.5 Å². The summed E-state index contributed by atoms with van der Waals surface area (Å²) in [6, 6.07) is 54.1. The molecule has 0 fully saturated rings. The standard InChI is InChI=1S/C49H35N5O.Pt/c1-49(2,3)36-24-25-51-46(30-36)54-44-21-12-11-18-42(44)43-23-22-38(32-45(43)54)55-39-29-35(28-37(31-39)50-4)48-52-26-27-53(48)47-40(33-14-7-5-8-15-33)19-13-20-41(47)34-16-9-6-10-17-34;/h5-28,30-31H,1-3H3;/q-2;+2. The van der Waals surface area contributed by atoms with E-state index in [1.807, 2.05) is 73.1 Å². The van der Waals surface area contributed by atoms with Crippen LogP contribution in [0.3, 0.4) is 0 Å². The Morgan fingerprint density at radius 1 is 0.661 bits per heavy atom. The van der Waals surface area contributed by atoms with Crippen molar-refractivity contribution in [3.8, 4) is 56.6 Å². The van der Waals surface area contributed by atoms with Crippen molar-refractivity contribution in [1.29, 1.82) is 0 Å². The van der Waals surface area contributed by atoms with E-state index in [2.05, 4.69) is 120 Å². The summed E-state index contributed by atoms with van der Waals surface area (Å²) in [7, 11) is 0. The smallest absolute Gasteiger partial charge is 0.504 e. The molecule has 0 N–H and O–H groups in total. The molecule has 0 aliphatic rings. The summed E-state index contributed by atoms with van der Waals surface area (Å²) in [5.74, 6) is 2.34. The minimum absolute atomic E-state index is 0. The van der Waals surface area contributed by atoms with Gasteiger partial charge in [0, 0.05) is 46.7 Å². The van der Waals surface area contributed by atoms with Crippen molar-refractivity contribution in [3.05, 3.63) is 187 Å². The Kier molecular flexibility index (Phi) is 9.72. The summed E-state index contributed by atoms with van der Waals surface area (Å²) >= 11 is 0. The first-order valence-corrected chi connectivity index (χ1v) is 18.2. The first-order valence-electron chi connectivity index (χ1n) is 18.2. The Morgan fingerprint density at radius 3 is 2.05 bits per heavy atom. The van der Waals surface area contributed by atoms with Crippen LogP contribution in [0.1, 0.15) is 26.3 Å². The molecule has 0 radical (unpaired) electrons. The van der Waals surface area contributed by atoms with Crippen molar-refractivity contribution in [2.75, 3.05) is 0 Å². The van der Waals surface area contributed by atoms with Gasteiger partial charge in [-0.05, 0) is 45.7 Å². The number of hydrogen-bond donors (Lipinski definition) is 0. The molecule has 7 heteroatoms. The zero-order chi connectivity index (χ0) is 37.5. The first kappa shape index (κ1) is 36.4. The molecule has 0 bridgehead atoms. The van der Waals surface area contributed by atoms with E-state index >= 15 is 0 Å². The maximum atomic E-state index is 8.02. The van der Waals surface area contributed by atoms with Gasteiger partial charge in [0.15, 0.2) is 0 Å². The van der Waals surface area contributed by atoms with Gasteiger partial charge in [-0.3, -0.25) is 9.83 Å². The van der Waals surface area contributed by atoms with Crippen LogP contribution in [0.4, 0.5) is 5.69 Å². The molecule has 3 aromatic heterocycles. The van der Waals surface area contributed by atoms with Crippen LogP contribution in [0.15, 0.2) is 158 Å². The fourth-order valence-electron chi connectivity index (χ4n) is 7.25. The number of nitrogens with zero attached hydrogens (tertiary/aromatic N) is 5. The number of ether oxygens (including phenoxy) is 1. The van der Waals surface area contributed by atoms with Crippen LogP contribution >= 0.6 is 0 Å². The molecule has 0 spiro atoms. The molecule has 0 amide bonds. The van der Waals surface area contributed by atoms with E-state index < -0.39 is 0 Å². The van der Waals surface area contributed by atoms with Crippen LogP contribution in [0.2, 0.25) is 0 Å². The summed E-state index contributed by atoms with van der Waals surface area (Å²) in [5, 5.41) is 2.14. The van der Waals surface area contributed by atoms with E-state index in [-0.39, 0.29) is 26.5 Å². The summed E-state index contributed by atoms with van der Waals surface area (Å²) in [6.45, 7) is 14.6. The van der Waals surface area contributed by atoms with E-state index in [4.69, 9.17) is 21.3 Å².